The van der Waals surface area contributed by atoms with Crippen LogP contribution in [0.25, 0.3) is 16.6 Å². The van der Waals surface area contributed by atoms with Gasteiger partial charge in [0, 0.05) is 48.6 Å². The van der Waals surface area contributed by atoms with E-state index in [1.54, 1.807) is 48.8 Å². The number of anilines is 3. The summed E-state index contributed by atoms with van der Waals surface area (Å²) in [5, 5.41) is 11.6. The molecule has 6 rings (SSSR count). The first-order valence-electron chi connectivity index (χ1n) is 13.1. The zero-order valence-corrected chi connectivity index (χ0v) is 23.2. The first kappa shape index (κ1) is 27.4. The predicted octanol–water partition coefficient (Wildman–Crippen LogP) is 4.11. The molecule has 2 aromatic carbocycles. The van der Waals surface area contributed by atoms with Gasteiger partial charge < -0.3 is 29.7 Å². The number of ether oxygens (including phenoxy) is 3. The molecule has 1 aliphatic rings. The van der Waals surface area contributed by atoms with Crippen LogP contribution in [0, 0.1) is 5.82 Å². The molecule has 0 spiro atoms. The van der Waals surface area contributed by atoms with Crippen molar-refractivity contribution in [3.63, 3.8) is 0 Å². The average molecular weight is 584 g/mol. The van der Waals surface area contributed by atoms with Gasteiger partial charge in [-0.3, -0.25) is 4.79 Å². The summed E-state index contributed by atoms with van der Waals surface area (Å²) in [6.07, 6.45) is 7.46. The van der Waals surface area contributed by atoms with E-state index in [-0.39, 0.29) is 29.6 Å². The first-order valence-corrected chi connectivity index (χ1v) is 13.1. The van der Waals surface area contributed by atoms with Crippen molar-refractivity contribution in [3.8, 4) is 29.1 Å². The Kier molecular flexibility index (Phi) is 7.39. The minimum atomic E-state index is -0.599. The quantitative estimate of drug-likeness (QED) is 0.230. The van der Waals surface area contributed by atoms with Crippen LogP contribution in [0.15, 0.2) is 74.0 Å². The van der Waals surface area contributed by atoms with Crippen LogP contribution in [-0.2, 0) is 4.79 Å². The highest BCUT2D eigenvalue weighted by Gasteiger charge is 2.30. The lowest BCUT2D eigenvalue weighted by Gasteiger charge is -2.39. The van der Waals surface area contributed by atoms with E-state index >= 15 is 4.39 Å². The number of carbonyl (C=O) groups excluding carboxylic acids is 1. The van der Waals surface area contributed by atoms with Crippen LogP contribution in [0.5, 0.6) is 23.4 Å². The summed E-state index contributed by atoms with van der Waals surface area (Å²) >= 11 is 0. The van der Waals surface area contributed by atoms with Gasteiger partial charge in [-0.25, -0.2) is 29.0 Å². The zero-order chi connectivity index (χ0) is 29.9. The van der Waals surface area contributed by atoms with Gasteiger partial charge in [0.15, 0.2) is 11.6 Å². The zero-order valence-electron chi connectivity index (χ0n) is 23.2. The molecule has 0 radical (unpaired) electrons. The molecule has 43 heavy (non-hydrogen) atoms. The fourth-order valence-electron chi connectivity index (χ4n) is 4.51. The van der Waals surface area contributed by atoms with Crippen molar-refractivity contribution >= 4 is 34.0 Å². The number of carbonyl (C=O) groups is 1. The summed E-state index contributed by atoms with van der Waals surface area (Å²) in [5.74, 6) is 0.551. The molecule has 218 valence electrons. The van der Waals surface area contributed by atoms with Gasteiger partial charge in [0.05, 0.1) is 43.9 Å². The Morgan fingerprint density at radius 1 is 1.05 bits per heavy atom. The molecular weight excluding hydrogens is 557 g/mol. The second-order valence-electron chi connectivity index (χ2n) is 9.48. The number of amides is 1. The molecule has 1 saturated heterocycles. The third-order valence-electron chi connectivity index (χ3n) is 6.72. The molecule has 0 aliphatic carbocycles. The number of rotatable bonds is 10. The van der Waals surface area contributed by atoms with E-state index in [9.17, 15) is 4.79 Å². The van der Waals surface area contributed by atoms with Crippen LogP contribution in [-0.4, -0.2) is 73.9 Å². The van der Waals surface area contributed by atoms with E-state index in [1.807, 2.05) is 6.07 Å². The van der Waals surface area contributed by atoms with Gasteiger partial charge in [0.1, 0.15) is 23.6 Å². The van der Waals surface area contributed by atoms with Crippen LogP contribution in [0.3, 0.4) is 0 Å². The van der Waals surface area contributed by atoms with E-state index in [0.29, 0.717) is 46.9 Å². The molecule has 0 unspecified atom stereocenters. The summed E-state index contributed by atoms with van der Waals surface area (Å²) in [5.41, 5.74) is 2.39. The Morgan fingerprint density at radius 2 is 1.86 bits per heavy atom. The number of halogens is 1. The van der Waals surface area contributed by atoms with Gasteiger partial charge in [0.2, 0.25) is 11.8 Å². The minimum Gasteiger partial charge on any atom is -0.495 e. The van der Waals surface area contributed by atoms with Crippen molar-refractivity contribution in [2.24, 2.45) is 0 Å². The highest BCUT2D eigenvalue weighted by Crippen LogP contribution is 2.35. The number of hydrogen-bond acceptors (Lipinski definition) is 11. The Hall–Kier alpha value is -5.79. The largest absolute Gasteiger partial charge is 0.495 e. The van der Waals surface area contributed by atoms with Gasteiger partial charge in [-0.1, -0.05) is 6.58 Å². The normalized spacial score (nSPS) is 12.9. The molecule has 0 bridgehead atoms. The van der Waals surface area contributed by atoms with Crippen molar-refractivity contribution in [3.05, 3.63) is 79.8 Å². The summed E-state index contributed by atoms with van der Waals surface area (Å²) in [6.45, 7) is 4.63. The van der Waals surface area contributed by atoms with Crippen LogP contribution in [0.4, 0.5) is 21.6 Å². The molecule has 0 atom stereocenters. The predicted molar refractivity (Wildman–Crippen MR) is 156 cm³/mol. The van der Waals surface area contributed by atoms with Crippen LogP contribution in [0.2, 0.25) is 0 Å². The maximum atomic E-state index is 15.1. The van der Waals surface area contributed by atoms with Gasteiger partial charge in [-0.15, -0.1) is 5.10 Å². The first-order chi connectivity index (χ1) is 20.9. The lowest BCUT2D eigenvalue weighted by atomic mass is 10.1. The second kappa shape index (κ2) is 11.6. The summed E-state index contributed by atoms with van der Waals surface area (Å²) < 4.78 is 32.8. The smallest absolute Gasteiger partial charge is 0.316 e. The van der Waals surface area contributed by atoms with E-state index in [1.165, 1.54) is 36.3 Å². The summed E-state index contributed by atoms with van der Waals surface area (Å²) in [7, 11) is 3.05. The fourth-order valence-corrected chi connectivity index (χ4v) is 4.51. The highest BCUT2D eigenvalue weighted by molar-refractivity contribution is 5.95. The van der Waals surface area contributed by atoms with Crippen molar-refractivity contribution in [1.29, 1.82) is 0 Å². The number of methoxy groups -OCH3 is 2. The fraction of sp³-hybridized carbons (Fsp3) is 0.172. The molecule has 5 aromatic rings. The van der Waals surface area contributed by atoms with E-state index in [0.717, 1.165) is 5.69 Å². The van der Waals surface area contributed by atoms with Crippen molar-refractivity contribution in [1.82, 2.24) is 34.6 Å². The molecule has 1 aliphatic heterocycles. The SMILES string of the molecule is C=CC(=O)N1CC(Nc2cc3c(Nc4ccc(Oc5ccn(-c6cnc(OC)nc6)n5)c(F)c4)ncnc3cc2OC)C1. The lowest BCUT2D eigenvalue weighted by Crippen LogP contribution is -2.56. The number of aromatic nitrogens is 6. The van der Waals surface area contributed by atoms with Gasteiger partial charge in [-0.2, -0.15) is 0 Å². The maximum absolute atomic E-state index is 15.1. The standard InChI is InChI=1S/C29H26FN9O4/c1-4-27(40)38-14-18(15-38)35-23-10-20-22(11-25(23)41-2)33-16-34-28(20)36-17-5-6-24(21(30)9-17)43-26-7-8-39(37-26)19-12-31-29(42-3)32-13-19/h4-13,16,18,35H,1,14-15H2,2-3H3,(H,33,34,36). The average Bonchev–Trinajstić information content (AvgIpc) is 3.48. The van der Waals surface area contributed by atoms with E-state index in [4.69, 9.17) is 14.2 Å². The third kappa shape index (κ3) is 5.70. The summed E-state index contributed by atoms with van der Waals surface area (Å²) in [4.78, 5) is 30.3. The van der Waals surface area contributed by atoms with Crippen LogP contribution < -0.4 is 24.8 Å². The van der Waals surface area contributed by atoms with Gasteiger partial charge in [-0.05, 0) is 24.3 Å². The Morgan fingerprint density at radius 3 is 2.58 bits per heavy atom. The topological polar surface area (TPSA) is 141 Å². The maximum Gasteiger partial charge on any atom is 0.316 e. The molecule has 0 saturated carbocycles. The number of likely N-dealkylation sites (tertiary alicyclic amines) is 1. The Balaban J connectivity index is 1.18. The molecule has 14 heteroatoms. The minimum absolute atomic E-state index is 0.00460. The molecule has 13 nitrogen and oxygen atoms in total. The molecular formula is C29H26FN9O4. The van der Waals surface area contributed by atoms with Crippen molar-refractivity contribution in [2.45, 2.75) is 6.04 Å². The second-order valence-corrected chi connectivity index (χ2v) is 9.48. The molecule has 1 fully saturated rings. The molecule has 2 N–H and O–H groups in total. The molecule has 3 aromatic heterocycles. The van der Waals surface area contributed by atoms with Crippen molar-refractivity contribution < 1.29 is 23.4 Å². The summed E-state index contributed by atoms with van der Waals surface area (Å²) in [6, 6.07) is 10.0. The highest BCUT2D eigenvalue weighted by atomic mass is 19.1. The Labute approximate surface area is 245 Å². The van der Waals surface area contributed by atoms with Crippen LogP contribution in [0.1, 0.15) is 0 Å². The molecule has 4 heterocycles. The van der Waals surface area contributed by atoms with E-state index < -0.39 is 5.82 Å². The number of nitrogens with one attached hydrogen (secondary N) is 2. The Bertz CT molecular complexity index is 1810. The van der Waals surface area contributed by atoms with E-state index in [2.05, 4.69) is 42.2 Å². The van der Waals surface area contributed by atoms with Gasteiger partial charge in [0.25, 0.3) is 0 Å². The number of fused-ring (bicyclic) bond motifs is 1. The number of nitrogens with zero attached hydrogens (tertiary/aromatic N) is 7. The van der Waals surface area contributed by atoms with Crippen molar-refractivity contribution in [2.75, 3.05) is 37.9 Å². The third-order valence-corrected chi connectivity index (χ3v) is 6.72. The van der Waals surface area contributed by atoms with Crippen LogP contribution >= 0.6 is 0 Å². The number of benzene rings is 2. The number of hydrogen-bond donors (Lipinski definition) is 2. The lowest BCUT2D eigenvalue weighted by molar-refractivity contribution is -0.129. The monoisotopic (exact) mass is 583 g/mol. The van der Waals surface area contributed by atoms with Gasteiger partial charge >= 0.3 is 6.01 Å². The molecule has 1 amide bonds.